The summed E-state index contributed by atoms with van der Waals surface area (Å²) in [4.78, 5) is 0. The lowest BCUT2D eigenvalue weighted by Gasteiger charge is -2.17. The van der Waals surface area contributed by atoms with Crippen molar-refractivity contribution in [3.8, 4) is 0 Å². The Hall–Kier alpha value is 0.210. The highest BCUT2D eigenvalue weighted by Gasteiger charge is 2.17. The van der Waals surface area contributed by atoms with E-state index in [-0.39, 0.29) is 5.25 Å². The van der Waals surface area contributed by atoms with E-state index in [4.69, 9.17) is 27.0 Å². The second-order valence-corrected chi connectivity index (χ2v) is 3.87. The second kappa shape index (κ2) is 4.29. The van der Waals surface area contributed by atoms with Crippen LogP contribution in [0.5, 0.6) is 0 Å². The Morgan fingerprint density at radius 1 is 1.73 bits per heavy atom. The second-order valence-electron chi connectivity index (χ2n) is 2.15. The number of methoxy groups -OCH3 is 1. The molecule has 0 spiro atoms. The van der Waals surface area contributed by atoms with E-state index in [9.17, 15) is 0 Å². The van der Waals surface area contributed by atoms with Gasteiger partial charge in [-0.25, -0.2) is 0 Å². The van der Waals surface area contributed by atoms with Crippen molar-refractivity contribution in [3.63, 3.8) is 0 Å². The summed E-state index contributed by atoms with van der Waals surface area (Å²) in [6, 6.07) is 0. The average Bonchev–Trinajstić information content (AvgIpc) is 2.04. The molecule has 0 radical (unpaired) electrons. The van der Waals surface area contributed by atoms with Gasteiger partial charge in [-0.1, -0.05) is 17.7 Å². The Kier molecular flexibility index (Phi) is 3.63. The summed E-state index contributed by atoms with van der Waals surface area (Å²) >= 11 is 5.76. The lowest BCUT2D eigenvalue weighted by molar-refractivity contribution is 0.280. The third-order valence-electron chi connectivity index (χ3n) is 1.47. The standard InChI is InChI=1S/C7H8Cl2OS/c1-10-6-4-5(8)2-3-7(6)11-9/h2,4,7H,3H2,1H3. The zero-order valence-corrected chi connectivity index (χ0v) is 8.34. The monoisotopic (exact) mass is 210 g/mol. The first kappa shape index (κ1) is 9.30. The number of rotatable bonds is 2. The van der Waals surface area contributed by atoms with E-state index in [1.807, 2.05) is 6.08 Å². The first-order valence-electron chi connectivity index (χ1n) is 3.16. The fourth-order valence-corrected chi connectivity index (χ4v) is 1.99. The molecular formula is C7H8Cl2OS. The molecule has 1 atom stereocenters. The van der Waals surface area contributed by atoms with Crippen LogP contribution in [0, 0.1) is 0 Å². The van der Waals surface area contributed by atoms with Crippen LogP contribution in [0.2, 0.25) is 0 Å². The van der Waals surface area contributed by atoms with Gasteiger partial charge in [-0.3, -0.25) is 0 Å². The van der Waals surface area contributed by atoms with Crippen LogP contribution in [0.15, 0.2) is 22.9 Å². The normalized spacial score (nSPS) is 24.1. The Balaban J connectivity index is 2.71. The van der Waals surface area contributed by atoms with Crippen LogP contribution in [-0.4, -0.2) is 12.4 Å². The number of allylic oxidation sites excluding steroid dienone is 3. The van der Waals surface area contributed by atoms with Gasteiger partial charge in [0.25, 0.3) is 0 Å². The quantitative estimate of drug-likeness (QED) is 0.692. The van der Waals surface area contributed by atoms with Crippen LogP contribution < -0.4 is 0 Å². The van der Waals surface area contributed by atoms with E-state index >= 15 is 0 Å². The van der Waals surface area contributed by atoms with Crippen molar-refractivity contribution >= 4 is 33.3 Å². The molecular weight excluding hydrogens is 203 g/mol. The number of hydrogen-bond acceptors (Lipinski definition) is 2. The molecule has 4 heteroatoms. The Morgan fingerprint density at radius 3 is 3.00 bits per heavy atom. The molecule has 11 heavy (non-hydrogen) atoms. The number of hydrogen-bond donors (Lipinski definition) is 0. The zero-order valence-electron chi connectivity index (χ0n) is 6.01. The van der Waals surface area contributed by atoms with E-state index < -0.39 is 0 Å². The van der Waals surface area contributed by atoms with Crippen molar-refractivity contribution in [3.05, 3.63) is 22.9 Å². The largest absolute Gasteiger partial charge is 0.500 e. The highest BCUT2D eigenvalue weighted by molar-refractivity contribution is 8.21. The molecule has 0 N–H and O–H groups in total. The van der Waals surface area contributed by atoms with Crippen molar-refractivity contribution in [2.24, 2.45) is 0 Å². The van der Waals surface area contributed by atoms with Crippen LogP contribution in [0.4, 0.5) is 0 Å². The summed E-state index contributed by atoms with van der Waals surface area (Å²) in [5.74, 6) is 0.845. The summed E-state index contributed by atoms with van der Waals surface area (Å²) in [5, 5.41) is 0.938. The van der Waals surface area contributed by atoms with Gasteiger partial charge in [0.2, 0.25) is 0 Å². The average molecular weight is 211 g/mol. The lowest BCUT2D eigenvalue weighted by Crippen LogP contribution is -2.09. The zero-order chi connectivity index (χ0) is 8.27. The molecule has 0 fully saturated rings. The maximum Gasteiger partial charge on any atom is 0.111 e. The van der Waals surface area contributed by atoms with Crippen LogP contribution in [-0.2, 0) is 4.74 Å². The van der Waals surface area contributed by atoms with Crippen molar-refractivity contribution in [2.75, 3.05) is 7.11 Å². The molecule has 1 unspecified atom stereocenters. The van der Waals surface area contributed by atoms with E-state index in [2.05, 4.69) is 0 Å². The van der Waals surface area contributed by atoms with Gasteiger partial charge in [-0.15, -0.1) is 0 Å². The molecule has 0 aromatic heterocycles. The highest BCUT2D eigenvalue weighted by atomic mass is 35.7. The van der Waals surface area contributed by atoms with Crippen LogP contribution >= 0.6 is 33.3 Å². The Bertz CT molecular complexity index is 201. The molecule has 1 aliphatic carbocycles. The summed E-state index contributed by atoms with van der Waals surface area (Å²) in [6.07, 6.45) is 4.57. The molecule has 1 nitrogen and oxygen atoms in total. The van der Waals surface area contributed by atoms with Gasteiger partial charge < -0.3 is 4.74 Å². The summed E-state index contributed by atoms with van der Waals surface area (Å²) in [7, 11) is 8.51. The number of ether oxygens (including phenoxy) is 1. The molecule has 0 aliphatic heterocycles. The van der Waals surface area contributed by atoms with Crippen molar-refractivity contribution < 1.29 is 4.74 Å². The van der Waals surface area contributed by atoms with Gasteiger partial charge >= 0.3 is 0 Å². The molecule has 1 aliphatic rings. The highest BCUT2D eigenvalue weighted by Crippen LogP contribution is 2.31. The lowest BCUT2D eigenvalue weighted by atomic mass is 10.1. The predicted molar refractivity (Wildman–Crippen MR) is 50.9 cm³/mol. The molecule has 0 saturated heterocycles. The summed E-state index contributed by atoms with van der Waals surface area (Å²) < 4.78 is 5.10. The van der Waals surface area contributed by atoms with Crippen molar-refractivity contribution in [2.45, 2.75) is 11.7 Å². The minimum atomic E-state index is 0.212. The van der Waals surface area contributed by atoms with E-state index in [0.717, 1.165) is 17.2 Å². The maximum absolute atomic E-state index is 5.76. The molecule has 0 heterocycles. The van der Waals surface area contributed by atoms with Crippen LogP contribution in [0.1, 0.15) is 6.42 Å². The van der Waals surface area contributed by atoms with Gasteiger partial charge in [-0.05, 0) is 34.2 Å². The van der Waals surface area contributed by atoms with Crippen molar-refractivity contribution in [1.82, 2.24) is 0 Å². The Labute approximate surface area is 79.9 Å². The Morgan fingerprint density at radius 2 is 2.45 bits per heavy atom. The number of halogens is 2. The minimum absolute atomic E-state index is 0.212. The third kappa shape index (κ3) is 2.32. The summed E-state index contributed by atoms with van der Waals surface area (Å²) in [6.45, 7) is 0. The SMILES string of the molecule is COC1=CC(Cl)=CCC1SCl. The molecule has 0 amide bonds. The predicted octanol–water partition coefficient (Wildman–Crippen LogP) is 3.30. The van der Waals surface area contributed by atoms with Crippen LogP contribution in [0.25, 0.3) is 0 Å². The molecule has 0 saturated carbocycles. The van der Waals surface area contributed by atoms with Crippen molar-refractivity contribution in [1.29, 1.82) is 0 Å². The molecule has 0 bridgehead atoms. The minimum Gasteiger partial charge on any atom is -0.500 e. The smallest absolute Gasteiger partial charge is 0.111 e. The molecule has 62 valence electrons. The molecule has 1 rings (SSSR count). The van der Waals surface area contributed by atoms with Crippen LogP contribution in [0.3, 0.4) is 0 Å². The fourth-order valence-electron chi connectivity index (χ4n) is 0.894. The summed E-state index contributed by atoms with van der Waals surface area (Å²) in [5.41, 5.74) is 0. The fraction of sp³-hybridized carbons (Fsp3) is 0.429. The van der Waals surface area contributed by atoms with Gasteiger partial charge in [0.1, 0.15) is 5.76 Å². The van der Waals surface area contributed by atoms with E-state index in [1.165, 1.54) is 11.0 Å². The molecule has 0 aromatic carbocycles. The van der Waals surface area contributed by atoms with Gasteiger partial charge in [0, 0.05) is 5.03 Å². The first-order valence-corrected chi connectivity index (χ1v) is 5.25. The van der Waals surface area contributed by atoms with E-state index in [0.29, 0.717) is 0 Å². The van der Waals surface area contributed by atoms with Gasteiger partial charge in [0.05, 0.1) is 12.4 Å². The van der Waals surface area contributed by atoms with Gasteiger partial charge in [0.15, 0.2) is 0 Å². The van der Waals surface area contributed by atoms with Gasteiger partial charge in [-0.2, -0.15) is 0 Å². The maximum atomic E-state index is 5.76. The van der Waals surface area contributed by atoms with E-state index in [1.54, 1.807) is 13.2 Å². The first-order chi connectivity index (χ1) is 5.27. The topological polar surface area (TPSA) is 9.23 Å². The third-order valence-corrected chi connectivity index (χ3v) is 3.02. The molecule has 0 aromatic rings.